The molecule has 6 heteroatoms. The molecule has 5 unspecified atom stereocenters. The lowest BCUT2D eigenvalue weighted by Gasteiger charge is -2.37. The number of hydrogen-bond donors (Lipinski definition) is 1. The first kappa shape index (κ1) is 29.4. The van der Waals surface area contributed by atoms with Gasteiger partial charge in [0.25, 0.3) is 0 Å². The van der Waals surface area contributed by atoms with Crippen LogP contribution in [0.4, 0.5) is 0 Å². The van der Waals surface area contributed by atoms with Crippen molar-refractivity contribution in [3.05, 3.63) is 30.3 Å². The van der Waals surface area contributed by atoms with E-state index in [2.05, 4.69) is 27.7 Å². The van der Waals surface area contributed by atoms with Gasteiger partial charge < -0.3 is 24.1 Å². The maximum absolute atomic E-state index is 11.1. The van der Waals surface area contributed by atoms with Crippen LogP contribution in [0.5, 0.6) is 0 Å². The van der Waals surface area contributed by atoms with E-state index in [9.17, 15) is 5.11 Å². The van der Waals surface area contributed by atoms with Crippen LogP contribution in [0.25, 0.3) is 0 Å². The number of rotatable bonds is 20. The molecule has 0 aliphatic carbocycles. The van der Waals surface area contributed by atoms with Gasteiger partial charge in [0.15, 0.2) is 0 Å². The Bertz CT molecular complexity index is 544. The fourth-order valence-electron chi connectivity index (χ4n) is 3.42. The van der Waals surface area contributed by atoms with Crippen molar-refractivity contribution < 1.29 is 24.1 Å². The summed E-state index contributed by atoms with van der Waals surface area (Å²) >= 11 is 1.39. The van der Waals surface area contributed by atoms with Crippen molar-refractivity contribution in [3.63, 3.8) is 0 Å². The molecule has 5 nitrogen and oxygen atoms in total. The quantitative estimate of drug-likeness (QED) is 0.145. The third kappa shape index (κ3) is 11.5. The van der Waals surface area contributed by atoms with E-state index < -0.39 is 11.5 Å². The molecule has 0 aromatic heterocycles. The predicted molar refractivity (Wildman–Crippen MR) is 133 cm³/mol. The van der Waals surface area contributed by atoms with Crippen LogP contribution in [0.1, 0.15) is 66.2 Å². The first-order chi connectivity index (χ1) is 15.6. The normalized spacial score (nSPS) is 16.4. The second-order valence-corrected chi connectivity index (χ2v) is 9.50. The van der Waals surface area contributed by atoms with Crippen LogP contribution >= 0.6 is 11.8 Å². The molecule has 0 fully saturated rings. The van der Waals surface area contributed by atoms with E-state index in [0.29, 0.717) is 19.8 Å². The van der Waals surface area contributed by atoms with E-state index in [-0.39, 0.29) is 18.1 Å². The van der Waals surface area contributed by atoms with Crippen molar-refractivity contribution in [2.45, 2.75) is 94.9 Å². The van der Waals surface area contributed by atoms with Gasteiger partial charge in [0.05, 0.1) is 12.7 Å². The smallest absolute Gasteiger partial charge is 0.132 e. The topological polar surface area (TPSA) is 57.2 Å². The molecule has 1 aromatic carbocycles. The highest BCUT2D eigenvalue weighted by Crippen LogP contribution is 2.30. The van der Waals surface area contributed by atoms with Gasteiger partial charge in [-0.1, -0.05) is 76.9 Å². The molecular weight excluding hydrogens is 424 g/mol. The molecule has 186 valence electrons. The maximum atomic E-state index is 11.1. The third-order valence-electron chi connectivity index (χ3n) is 5.40. The summed E-state index contributed by atoms with van der Waals surface area (Å²) < 4.78 is 24.5. The van der Waals surface area contributed by atoms with E-state index in [1.807, 2.05) is 30.3 Å². The van der Waals surface area contributed by atoms with Crippen LogP contribution in [-0.2, 0) is 18.9 Å². The predicted octanol–water partition coefficient (Wildman–Crippen LogP) is 5.94. The van der Waals surface area contributed by atoms with Crippen LogP contribution < -0.4 is 0 Å². The zero-order chi connectivity index (χ0) is 23.6. The van der Waals surface area contributed by atoms with E-state index in [1.165, 1.54) is 11.8 Å². The number of thioether (sulfide) groups is 1. The number of hydrogen-bond acceptors (Lipinski definition) is 6. The van der Waals surface area contributed by atoms with Gasteiger partial charge in [-0.2, -0.15) is 0 Å². The van der Waals surface area contributed by atoms with Crippen LogP contribution in [0.15, 0.2) is 35.2 Å². The number of ether oxygens (including phenoxy) is 4. The lowest BCUT2D eigenvalue weighted by Crippen LogP contribution is -2.50. The van der Waals surface area contributed by atoms with Crippen molar-refractivity contribution >= 4 is 11.8 Å². The largest absolute Gasteiger partial charge is 0.381 e. The number of aliphatic hydroxyl groups excluding tert-OH is 1. The van der Waals surface area contributed by atoms with Gasteiger partial charge in [0, 0.05) is 37.7 Å². The molecule has 0 aliphatic rings. The fourth-order valence-corrected chi connectivity index (χ4v) is 4.41. The average molecular weight is 471 g/mol. The number of aliphatic hydroxyl groups is 1. The molecule has 0 heterocycles. The number of unbranched alkanes of at least 4 members (excludes halogenated alkanes) is 3. The van der Waals surface area contributed by atoms with Crippen LogP contribution in [0, 0.1) is 5.92 Å². The minimum absolute atomic E-state index is 0.113. The van der Waals surface area contributed by atoms with E-state index >= 15 is 0 Å². The molecule has 0 bridgehead atoms. The minimum atomic E-state index is -0.778. The lowest BCUT2D eigenvalue weighted by molar-refractivity contribution is -0.165. The molecule has 1 N–H and O–H groups in total. The molecule has 0 radical (unpaired) electrons. The maximum Gasteiger partial charge on any atom is 0.132 e. The zero-order valence-electron chi connectivity index (χ0n) is 20.8. The molecule has 5 atom stereocenters. The van der Waals surface area contributed by atoms with Gasteiger partial charge in [0.2, 0.25) is 0 Å². The number of methoxy groups -OCH3 is 1. The van der Waals surface area contributed by atoms with Gasteiger partial charge in [-0.05, 0) is 31.4 Å². The van der Waals surface area contributed by atoms with Gasteiger partial charge in [-0.15, -0.1) is 0 Å². The fraction of sp³-hybridized carbons (Fsp3) is 0.769. The Labute approximate surface area is 200 Å². The van der Waals surface area contributed by atoms with Crippen LogP contribution in [0.3, 0.4) is 0 Å². The van der Waals surface area contributed by atoms with Gasteiger partial charge in [0.1, 0.15) is 17.6 Å². The second-order valence-electron chi connectivity index (χ2n) is 8.31. The molecule has 0 amide bonds. The first-order valence-corrected chi connectivity index (χ1v) is 13.2. The molecule has 1 rings (SSSR count). The number of benzene rings is 1. The second kappa shape index (κ2) is 18.8. The zero-order valence-corrected chi connectivity index (χ0v) is 21.6. The summed E-state index contributed by atoms with van der Waals surface area (Å²) in [5, 5.41) is 11.1. The van der Waals surface area contributed by atoms with E-state index in [4.69, 9.17) is 18.9 Å². The highest BCUT2D eigenvalue weighted by atomic mass is 32.2. The molecule has 0 saturated heterocycles. The molecule has 32 heavy (non-hydrogen) atoms. The summed E-state index contributed by atoms with van der Waals surface area (Å²) in [6.45, 7) is 11.2. The standard InChI is InChI=1S/C26H46O5S/c1-6-9-17-29-20-21(4)23(30-18-10-7-2)24(31-19-11-8-3)25(28-5)26(27)32-22-15-13-12-14-16-22/h12-16,21,23-27H,6-11,17-20H2,1-5H3. The van der Waals surface area contributed by atoms with Gasteiger partial charge in [-0.25, -0.2) is 0 Å². The Hall–Kier alpha value is -0.630. The van der Waals surface area contributed by atoms with Crippen LogP contribution in [-0.4, -0.2) is 62.4 Å². The minimum Gasteiger partial charge on any atom is -0.381 e. The highest BCUT2D eigenvalue weighted by Gasteiger charge is 2.39. The summed E-state index contributed by atoms with van der Waals surface area (Å²) in [4.78, 5) is 0.994. The average Bonchev–Trinajstić information content (AvgIpc) is 2.80. The summed E-state index contributed by atoms with van der Waals surface area (Å²) in [6.07, 6.45) is 5.08. The van der Waals surface area contributed by atoms with Crippen molar-refractivity contribution in [3.8, 4) is 0 Å². The molecular formula is C26H46O5S. The van der Waals surface area contributed by atoms with Crippen molar-refractivity contribution in [1.82, 2.24) is 0 Å². The monoisotopic (exact) mass is 470 g/mol. The molecule has 0 spiro atoms. The van der Waals surface area contributed by atoms with Crippen molar-refractivity contribution in [1.29, 1.82) is 0 Å². The van der Waals surface area contributed by atoms with Crippen LogP contribution in [0.2, 0.25) is 0 Å². The van der Waals surface area contributed by atoms with Gasteiger partial charge >= 0.3 is 0 Å². The summed E-state index contributed by atoms with van der Waals surface area (Å²) in [5.41, 5.74) is -0.778. The Morgan fingerprint density at radius 1 is 0.812 bits per heavy atom. The van der Waals surface area contributed by atoms with Gasteiger partial charge in [-0.3, -0.25) is 0 Å². The Kier molecular flexibility index (Phi) is 17.2. The first-order valence-electron chi connectivity index (χ1n) is 12.3. The van der Waals surface area contributed by atoms with E-state index in [0.717, 1.165) is 50.0 Å². The SMILES string of the molecule is CCCCOCC(C)C(OCCCC)C(OCCCC)C(OC)C(O)Sc1ccccc1. The summed E-state index contributed by atoms with van der Waals surface area (Å²) in [7, 11) is 1.64. The summed E-state index contributed by atoms with van der Waals surface area (Å²) in [6, 6.07) is 9.90. The van der Waals surface area contributed by atoms with Crippen molar-refractivity contribution in [2.24, 2.45) is 5.92 Å². The molecule has 0 saturated carbocycles. The lowest BCUT2D eigenvalue weighted by atomic mass is 9.96. The van der Waals surface area contributed by atoms with E-state index in [1.54, 1.807) is 7.11 Å². The Morgan fingerprint density at radius 2 is 1.38 bits per heavy atom. The third-order valence-corrected chi connectivity index (χ3v) is 6.46. The molecule has 1 aromatic rings. The Balaban J connectivity index is 3.01. The Morgan fingerprint density at radius 3 is 1.94 bits per heavy atom. The molecule has 0 aliphatic heterocycles. The summed E-state index contributed by atoms with van der Waals surface area (Å²) in [5.74, 6) is 0.113. The van der Waals surface area contributed by atoms with Crippen molar-refractivity contribution in [2.75, 3.05) is 33.5 Å². The highest BCUT2D eigenvalue weighted by molar-refractivity contribution is 7.99.